The quantitative estimate of drug-likeness (QED) is 0.629. The van der Waals surface area contributed by atoms with Crippen molar-refractivity contribution >= 4 is 5.78 Å². The minimum atomic E-state index is -0.252. The number of rotatable bonds is 2. The first-order valence-corrected chi connectivity index (χ1v) is 11.5. The predicted octanol–water partition coefficient (Wildman–Crippen LogP) is 5.14. The van der Waals surface area contributed by atoms with E-state index in [4.69, 9.17) is 9.47 Å². The number of hydrogen-bond acceptors (Lipinski definition) is 3. The second kappa shape index (κ2) is 6.42. The van der Waals surface area contributed by atoms with E-state index in [0.717, 1.165) is 56.7 Å². The van der Waals surface area contributed by atoms with Crippen molar-refractivity contribution in [3.63, 3.8) is 0 Å². The first kappa shape index (κ1) is 18.4. The highest BCUT2D eigenvalue weighted by Crippen LogP contribution is 2.64. The maximum Gasteiger partial charge on any atom is 0.168 e. The molecular weight excluding hydrogens is 336 g/mol. The molecule has 0 radical (unpaired) electrons. The standard InChI is InChI=1S/C24H36O3/c1-4-16-13-21-20-6-5-17-14-24(26-11-12-27-24)10-8-18(17)19(20)7-9-23(21,3)22(16)15(2)25/h7,16-18,20-22H,4-6,8-14H2,1-3H3/t16-,17?,18?,20?,21?,22?,23+/m1/s1. The van der Waals surface area contributed by atoms with Gasteiger partial charge in [0.25, 0.3) is 0 Å². The topological polar surface area (TPSA) is 35.5 Å². The van der Waals surface area contributed by atoms with E-state index in [-0.39, 0.29) is 17.1 Å². The Morgan fingerprint density at radius 2 is 1.96 bits per heavy atom. The normalized spacial score (nSPS) is 47.9. The second-order valence-corrected chi connectivity index (χ2v) is 10.4. The molecule has 0 aromatic heterocycles. The summed E-state index contributed by atoms with van der Waals surface area (Å²) in [5.41, 5.74) is 1.96. The van der Waals surface area contributed by atoms with E-state index in [2.05, 4.69) is 19.9 Å². The predicted molar refractivity (Wildman–Crippen MR) is 105 cm³/mol. The molecule has 5 rings (SSSR count). The highest BCUT2D eigenvalue weighted by atomic mass is 16.7. The van der Waals surface area contributed by atoms with Gasteiger partial charge in [0.1, 0.15) is 5.78 Å². The number of allylic oxidation sites excluding steroid dienone is 2. The van der Waals surface area contributed by atoms with Crippen molar-refractivity contribution in [2.75, 3.05) is 13.2 Å². The van der Waals surface area contributed by atoms with E-state index in [1.165, 1.54) is 25.7 Å². The van der Waals surface area contributed by atoms with Crippen LogP contribution in [0.4, 0.5) is 0 Å². The fraction of sp³-hybridized carbons (Fsp3) is 0.875. The van der Waals surface area contributed by atoms with Gasteiger partial charge < -0.3 is 9.47 Å². The first-order valence-electron chi connectivity index (χ1n) is 11.5. The summed E-state index contributed by atoms with van der Waals surface area (Å²) in [6.45, 7) is 8.12. The van der Waals surface area contributed by atoms with Crippen LogP contribution in [0.15, 0.2) is 11.6 Å². The van der Waals surface area contributed by atoms with Crippen LogP contribution in [-0.2, 0) is 14.3 Å². The summed E-state index contributed by atoms with van der Waals surface area (Å²) in [5, 5.41) is 0. The number of carbonyl (C=O) groups is 1. The highest BCUT2D eigenvalue weighted by molar-refractivity contribution is 5.80. The average Bonchev–Trinajstić information content (AvgIpc) is 3.22. The van der Waals surface area contributed by atoms with Gasteiger partial charge in [0.05, 0.1) is 13.2 Å². The van der Waals surface area contributed by atoms with Gasteiger partial charge in [0, 0.05) is 18.8 Å². The summed E-state index contributed by atoms with van der Waals surface area (Å²) in [6, 6.07) is 0. The van der Waals surface area contributed by atoms with Gasteiger partial charge in [0.2, 0.25) is 0 Å². The second-order valence-electron chi connectivity index (χ2n) is 10.4. The van der Waals surface area contributed by atoms with Crippen molar-refractivity contribution in [2.45, 2.75) is 77.9 Å². The Morgan fingerprint density at radius 3 is 2.67 bits per heavy atom. The third-order valence-electron chi connectivity index (χ3n) is 9.31. The van der Waals surface area contributed by atoms with Crippen LogP contribution in [0, 0.1) is 40.9 Å². The number of fused-ring (bicyclic) bond motifs is 5. The molecule has 0 amide bonds. The molecule has 1 aliphatic heterocycles. The molecule has 5 aliphatic rings. The number of hydrogen-bond donors (Lipinski definition) is 0. The average molecular weight is 373 g/mol. The Bertz CT molecular complexity index is 646. The molecule has 0 bridgehead atoms. The van der Waals surface area contributed by atoms with Crippen LogP contribution in [0.25, 0.3) is 0 Å². The molecule has 27 heavy (non-hydrogen) atoms. The summed E-state index contributed by atoms with van der Waals surface area (Å²) in [4.78, 5) is 12.6. The molecule has 1 spiro atoms. The molecule has 3 heteroatoms. The number of ether oxygens (including phenoxy) is 2. The molecule has 3 nitrogen and oxygen atoms in total. The van der Waals surface area contributed by atoms with Gasteiger partial charge in [-0.2, -0.15) is 0 Å². The van der Waals surface area contributed by atoms with Gasteiger partial charge in [-0.05, 0) is 74.0 Å². The van der Waals surface area contributed by atoms with Crippen LogP contribution in [0.3, 0.4) is 0 Å². The van der Waals surface area contributed by atoms with Crippen LogP contribution in [-0.4, -0.2) is 24.8 Å². The highest BCUT2D eigenvalue weighted by Gasteiger charge is 2.59. The van der Waals surface area contributed by atoms with Crippen LogP contribution < -0.4 is 0 Å². The molecule has 0 N–H and O–H groups in total. The van der Waals surface area contributed by atoms with E-state index in [1.54, 1.807) is 5.57 Å². The summed E-state index contributed by atoms with van der Waals surface area (Å²) in [6.07, 6.45) is 12.1. The van der Waals surface area contributed by atoms with E-state index in [1.807, 2.05) is 6.92 Å². The van der Waals surface area contributed by atoms with Gasteiger partial charge in [-0.25, -0.2) is 0 Å². The lowest BCUT2D eigenvalue weighted by Gasteiger charge is -2.53. The smallest absolute Gasteiger partial charge is 0.168 e. The largest absolute Gasteiger partial charge is 0.348 e. The fourth-order valence-corrected chi connectivity index (χ4v) is 8.27. The Labute approximate surface area is 164 Å². The maximum atomic E-state index is 12.6. The summed E-state index contributed by atoms with van der Waals surface area (Å²) < 4.78 is 12.1. The zero-order valence-corrected chi connectivity index (χ0v) is 17.3. The summed E-state index contributed by atoms with van der Waals surface area (Å²) >= 11 is 0. The molecule has 5 unspecified atom stereocenters. The Morgan fingerprint density at radius 1 is 1.19 bits per heavy atom. The van der Waals surface area contributed by atoms with Crippen LogP contribution >= 0.6 is 0 Å². The SMILES string of the molecule is CC[C@@H]1CC2C3CCC4CC5(CCC4C3=CC[C@]2(C)C1C(C)=O)OCCO5. The van der Waals surface area contributed by atoms with Gasteiger partial charge in [0.15, 0.2) is 5.79 Å². The molecule has 4 fully saturated rings. The third kappa shape index (κ3) is 2.64. The molecule has 3 saturated carbocycles. The van der Waals surface area contributed by atoms with Gasteiger partial charge in [-0.3, -0.25) is 4.79 Å². The molecule has 150 valence electrons. The molecule has 0 aromatic rings. The Kier molecular flexibility index (Phi) is 4.37. The van der Waals surface area contributed by atoms with E-state index < -0.39 is 0 Å². The lowest BCUT2D eigenvalue weighted by Crippen LogP contribution is -2.47. The lowest BCUT2D eigenvalue weighted by molar-refractivity contribution is -0.196. The lowest BCUT2D eigenvalue weighted by atomic mass is 9.53. The maximum absolute atomic E-state index is 12.6. The van der Waals surface area contributed by atoms with Crippen molar-refractivity contribution in [3.8, 4) is 0 Å². The van der Waals surface area contributed by atoms with E-state index in [9.17, 15) is 4.79 Å². The Hall–Kier alpha value is -0.670. The van der Waals surface area contributed by atoms with Crippen LogP contribution in [0.2, 0.25) is 0 Å². The van der Waals surface area contributed by atoms with Crippen molar-refractivity contribution in [2.24, 2.45) is 40.9 Å². The summed E-state index contributed by atoms with van der Waals surface area (Å²) in [7, 11) is 0. The molecule has 1 saturated heterocycles. The van der Waals surface area contributed by atoms with Crippen molar-refractivity contribution in [3.05, 3.63) is 11.6 Å². The van der Waals surface area contributed by atoms with E-state index >= 15 is 0 Å². The minimum absolute atomic E-state index is 0.196. The molecule has 7 atom stereocenters. The van der Waals surface area contributed by atoms with Crippen LogP contribution in [0.5, 0.6) is 0 Å². The van der Waals surface area contributed by atoms with Crippen LogP contribution in [0.1, 0.15) is 72.1 Å². The van der Waals surface area contributed by atoms with Crippen molar-refractivity contribution in [1.82, 2.24) is 0 Å². The Balaban J connectivity index is 1.41. The monoisotopic (exact) mass is 372 g/mol. The first-order chi connectivity index (χ1) is 13.0. The minimum Gasteiger partial charge on any atom is -0.348 e. The molecule has 0 aromatic carbocycles. The third-order valence-corrected chi connectivity index (χ3v) is 9.31. The van der Waals surface area contributed by atoms with Crippen molar-refractivity contribution in [1.29, 1.82) is 0 Å². The zero-order chi connectivity index (χ0) is 18.8. The summed E-state index contributed by atoms with van der Waals surface area (Å²) in [5.74, 6) is 3.97. The molecule has 4 aliphatic carbocycles. The molecular formula is C24H36O3. The number of Topliss-reactive ketones (excluding diaryl/α,β-unsaturated/α-hetero) is 1. The number of ketones is 1. The van der Waals surface area contributed by atoms with E-state index in [0.29, 0.717) is 17.6 Å². The number of carbonyl (C=O) groups excluding carboxylic acids is 1. The van der Waals surface area contributed by atoms with Gasteiger partial charge in [-0.15, -0.1) is 0 Å². The zero-order valence-electron chi connectivity index (χ0n) is 17.3. The van der Waals surface area contributed by atoms with Gasteiger partial charge in [-0.1, -0.05) is 31.9 Å². The van der Waals surface area contributed by atoms with Crippen molar-refractivity contribution < 1.29 is 14.3 Å². The fourth-order valence-electron chi connectivity index (χ4n) is 8.27. The molecule has 1 heterocycles. The van der Waals surface area contributed by atoms with Gasteiger partial charge >= 0.3 is 0 Å².